The van der Waals surface area contributed by atoms with E-state index in [-0.39, 0.29) is 56.4 Å². The van der Waals surface area contributed by atoms with Crippen molar-refractivity contribution in [1.29, 1.82) is 0 Å². The topological polar surface area (TPSA) is 211 Å². The lowest BCUT2D eigenvalue weighted by Crippen LogP contribution is -2.59. The van der Waals surface area contributed by atoms with Gasteiger partial charge in [0, 0.05) is 26.2 Å². The number of Topliss-reactive ketones (excluding diaryl/α,β-unsaturated/α-hetero) is 2. The summed E-state index contributed by atoms with van der Waals surface area (Å²) >= 11 is 0. The largest absolute Gasteiger partial charge is 0.480 e. The first-order valence-electron chi connectivity index (χ1n) is 17.8. The van der Waals surface area contributed by atoms with E-state index in [2.05, 4.69) is 10.6 Å². The van der Waals surface area contributed by atoms with Gasteiger partial charge in [0.15, 0.2) is 11.6 Å². The van der Waals surface area contributed by atoms with Crippen LogP contribution in [0.15, 0.2) is 60.7 Å². The van der Waals surface area contributed by atoms with Gasteiger partial charge in [0.25, 0.3) is 0 Å². The van der Waals surface area contributed by atoms with Gasteiger partial charge in [-0.15, -0.1) is 0 Å². The number of unbranched alkanes of at least 4 members (excludes halogenated alkanes) is 1. The predicted molar refractivity (Wildman–Crippen MR) is 193 cm³/mol. The Morgan fingerprint density at radius 1 is 0.800 bits per heavy atom. The van der Waals surface area contributed by atoms with Crippen LogP contribution in [0.3, 0.4) is 0 Å². The Kier molecular flexibility index (Phi) is 16.2. The number of carboxylic acid groups (broad SMARTS) is 1. The molecule has 0 saturated carbocycles. The van der Waals surface area contributed by atoms with Crippen LogP contribution in [0.1, 0.15) is 63.5 Å². The maximum atomic E-state index is 14.6. The first-order valence-corrected chi connectivity index (χ1v) is 17.8. The number of carboxylic acids is 1. The van der Waals surface area contributed by atoms with Crippen molar-refractivity contribution in [2.45, 2.75) is 82.8 Å². The number of hydrogen-bond acceptors (Lipinski definition) is 9. The lowest BCUT2D eigenvalue weighted by atomic mass is 9.78. The van der Waals surface area contributed by atoms with Gasteiger partial charge in [-0.1, -0.05) is 74.5 Å². The number of ketones is 2. The molecule has 1 saturated heterocycles. The van der Waals surface area contributed by atoms with Crippen molar-refractivity contribution in [2.24, 2.45) is 35.0 Å². The van der Waals surface area contributed by atoms with Crippen molar-refractivity contribution in [3.63, 3.8) is 0 Å². The number of benzene rings is 2. The van der Waals surface area contributed by atoms with E-state index in [4.69, 9.17) is 17.2 Å². The first kappa shape index (κ1) is 40.5. The monoisotopic (exact) mass is 692 g/mol. The minimum absolute atomic E-state index is 0.0696. The van der Waals surface area contributed by atoms with Crippen LogP contribution in [-0.2, 0) is 36.8 Å². The van der Waals surface area contributed by atoms with Crippen LogP contribution in [0, 0.1) is 17.8 Å². The van der Waals surface area contributed by atoms with Crippen LogP contribution in [0.4, 0.5) is 0 Å². The summed E-state index contributed by atoms with van der Waals surface area (Å²) in [4.78, 5) is 70.3. The number of nitrogens with one attached hydrogen (secondary N) is 2. The fourth-order valence-electron chi connectivity index (χ4n) is 6.46. The summed E-state index contributed by atoms with van der Waals surface area (Å²) in [6.45, 7) is 5.15. The minimum Gasteiger partial charge on any atom is -0.480 e. The van der Waals surface area contributed by atoms with Gasteiger partial charge >= 0.3 is 5.97 Å². The molecule has 0 radical (unpaired) electrons. The Morgan fingerprint density at radius 2 is 1.38 bits per heavy atom. The zero-order valence-corrected chi connectivity index (χ0v) is 29.5. The van der Waals surface area contributed by atoms with Gasteiger partial charge in [0.05, 0.1) is 17.9 Å². The molecule has 2 amide bonds. The second kappa shape index (κ2) is 20.0. The number of aliphatic carboxylic acids is 1. The average Bonchev–Trinajstić information content (AvgIpc) is 3.11. The second-order valence-electron chi connectivity index (χ2n) is 13.8. The molecule has 274 valence electrons. The van der Waals surface area contributed by atoms with Gasteiger partial charge in [-0.3, -0.25) is 24.0 Å². The highest BCUT2D eigenvalue weighted by molar-refractivity contribution is 6.13. The summed E-state index contributed by atoms with van der Waals surface area (Å²) in [6, 6.07) is 17.1. The second-order valence-corrected chi connectivity index (χ2v) is 13.8. The molecule has 9 N–H and O–H groups in total. The molecule has 12 heteroatoms. The number of likely N-dealkylation sites (tertiary alicyclic amines) is 1. The summed E-state index contributed by atoms with van der Waals surface area (Å²) in [7, 11) is 0. The van der Waals surface area contributed by atoms with Crippen LogP contribution in [0.2, 0.25) is 0 Å². The van der Waals surface area contributed by atoms with E-state index < -0.39 is 47.1 Å². The van der Waals surface area contributed by atoms with Crippen LogP contribution in [0.25, 0.3) is 0 Å². The maximum absolute atomic E-state index is 14.6. The number of carbonyl (C=O) groups excluding carboxylic acids is 4. The smallest absolute Gasteiger partial charge is 0.323 e. The molecular weight excluding hydrogens is 636 g/mol. The summed E-state index contributed by atoms with van der Waals surface area (Å²) in [5.74, 6) is -5.27. The van der Waals surface area contributed by atoms with E-state index >= 15 is 0 Å². The standard InChI is InChI=1S/C38H56N6O6/c1-26(2)23-30(35(47)43-31(15-9-10-18-39)36(48)44-21-16-38(41,17-22-44)37(49)50)33(45)29(24-27-11-5-3-6-12-27)34(46)32(42-20-19-40)25-28-13-7-4-8-14-28/h3-8,11-14,26,29-32,42H,9-10,15-25,39-41H2,1-2H3,(H,43,47)(H,49,50). The maximum Gasteiger partial charge on any atom is 0.323 e. The lowest BCUT2D eigenvalue weighted by molar-refractivity contribution is -0.148. The number of nitrogens with zero attached hydrogens (tertiary/aromatic N) is 1. The molecule has 0 aromatic heterocycles. The van der Waals surface area contributed by atoms with Crippen LogP contribution < -0.4 is 27.8 Å². The Balaban J connectivity index is 1.93. The summed E-state index contributed by atoms with van der Waals surface area (Å²) in [6.07, 6.45) is 2.29. The summed E-state index contributed by atoms with van der Waals surface area (Å²) < 4.78 is 0. The fraction of sp³-hybridized carbons (Fsp3) is 0.553. The Hall–Kier alpha value is -3.97. The Bertz CT molecular complexity index is 1400. The molecule has 3 rings (SSSR count). The van der Waals surface area contributed by atoms with Crippen molar-refractivity contribution in [3.8, 4) is 0 Å². The van der Waals surface area contributed by atoms with E-state index in [9.17, 15) is 29.1 Å². The SMILES string of the molecule is CC(C)CC(C(=O)NC(CCCCN)C(=O)N1CCC(N)(C(=O)O)CC1)C(=O)C(Cc1ccccc1)C(=O)C(Cc1ccccc1)NCCN. The molecule has 2 aromatic rings. The highest BCUT2D eigenvalue weighted by Crippen LogP contribution is 2.25. The van der Waals surface area contributed by atoms with E-state index in [1.807, 2.05) is 74.5 Å². The fourth-order valence-corrected chi connectivity index (χ4v) is 6.46. The van der Waals surface area contributed by atoms with Crippen LogP contribution in [-0.4, -0.2) is 89.7 Å². The molecule has 0 aliphatic carbocycles. The van der Waals surface area contributed by atoms with Crippen LogP contribution >= 0.6 is 0 Å². The lowest BCUT2D eigenvalue weighted by Gasteiger charge is -2.38. The number of hydrogen-bond donors (Lipinski definition) is 6. The molecule has 12 nitrogen and oxygen atoms in total. The zero-order valence-electron chi connectivity index (χ0n) is 29.5. The number of carbonyl (C=O) groups is 5. The molecule has 4 unspecified atom stereocenters. The third-order valence-electron chi connectivity index (χ3n) is 9.45. The molecule has 2 aromatic carbocycles. The van der Waals surface area contributed by atoms with Gasteiger partial charge in [0.2, 0.25) is 11.8 Å². The third kappa shape index (κ3) is 11.8. The molecule has 50 heavy (non-hydrogen) atoms. The zero-order chi connectivity index (χ0) is 36.7. The van der Waals surface area contributed by atoms with Crippen LogP contribution in [0.5, 0.6) is 0 Å². The van der Waals surface area contributed by atoms with Gasteiger partial charge in [-0.05, 0) is 75.0 Å². The van der Waals surface area contributed by atoms with E-state index in [1.165, 1.54) is 4.90 Å². The van der Waals surface area contributed by atoms with Crippen molar-refractivity contribution < 1.29 is 29.1 Å². The van der Waals surface area contributed by atoms with Crippen molar-refractivity contribution in [1.82, 2.24) is 15.5 Å². The molecule has 0 bridgehead atoms. The minimum atomic E-state index is -1.42. The van der Waals surface area contributed by atoms with E-state index in [0.717, 1.165) is 11.1 Å². The summed E-state index contributed by atoms with van der Waals surface area (Å²) in [5, 5.41) is 15.7. The van der Waals surface area contributed by atoms with Gasteiger partial charge in [-0.2, -0.15) is 0 Å². The number of nitrogens with two attached hydrogens (primary N) is 3. The number of rotatable bonds is 21. The predicted octanol–water partition coefficient (Wildman–Crippen LogP) is 1.82. The molecule has 1 heterocycles. The van der Waals surface area contributed by atoms with E-state index in [1.54, 1.807) is 0 Å². The van der Waals surface area contributed by atoms with Crippen molar-refractivity contribution in [2.75, 3.05) is 32.7 Å². The first-order chi connectivity index (χ1) is 23.9. The normalized spacial score (nSPS) is 16.6. The van der Waals surface area contributed by atoms with Crippen molar-refractivity contribution >= 4 is 29.4 Å². The quantitative estimate of drug-likeness (QED) is 0.0825. The van der Waals surface area contributed by atoms with Gasteiger partial charge in [-0.25, -0.2) is 0 Å². The molecule has 1 aliphatic rings. The number of amides is 2. The molecular formula is C38H56N6O6. The van der Waals surface area contributed by atoms with Crippen molar-refractivity contribution in [3.05, 3.63) is 71.8 Å². The third-order valence-corrected chi connectivity index (χ3v) is 9.45. The molecule has 0 spiro atoms. The van der Waals surface area contributed by atoms with Gasteiger partial charge in [0.1, 0.15) is 11.6 Å². The van der Waals surface area contributed by atoms with E-state index in [0.29, 0.717) is 45.3 Å². The summed E-state index contributed by atoms with van der Waals surface area (Å²) in [5.41, 5.74) is 17.9. The Morgan fingerprint density at radius 3 is 1.90 bits per heavy atom. The Labute approximate surface area is 295 Å². The molecule has 1 aliphatic heterocycles. The highest BCUT2D eigenvalue weighted by atomic mass is 16.4. The highest BCUT2D eigenvalue weighted by Gasteiger charge is 2.42. The number of piperidine rings is 1. The average molecular weight is 693 g/mol. The van der Waals surface area contributed by atoms with Gasteiger partial charge < -0.3 is 37.8 Å². The molecule has 1 fully saturated rings. The molecule has 4 atom stereocenters.